The van der Waals surface area contributed by atoms with Gasteiger partial charge in [0.15, 0.2) is 5.43 Å². The predicted octanol–water partition coefficient (Wildman–Crippen LogP) is 3.69. The lowest BCUT2D eigenvalue weighted by Gasteiger charge is -2.16. The van der Waals surface area contributed by atoms with E-state index in [1.165, 1.54) is 0 Å². The van der Waals surface area contributed by atoms with E-state index < -0.39 is 0 Å². The van der Waals surface area contributed by atoms with Gasteiger partial charge in [-0.15, -0.1) is 0 Å². The Labute approximate surface area is 130 Å². The minimum atomic E-state index is 0.0617. The van der Waals surface area contributed by atoms with Crippen LogP contribution in [0.2, 0.25) is 5.02 Å². The lowest BCUT2D eigenvalue weighted by Crippen LogP contribution is -2.28. The molecule has 1 aromatic carbocycles. The van der Waals surface area contributed by atoms with Crippen molar-refractivity contribution in [1.82, 2.24) is 9.88 Å². The van der Waals surface area contributed by atoms with Gasteiger partial charge in [-0.3, -0.25) is 4.79 Å². The van der Waals surface area contributed by atoms with E-state index in [0.29, 0.717) is 17.6 Å². The maximum absolute atomic E-state index is 12.1. The van der Waals surface area contributed by atoms with Crippen LogP contribution < -0.4 is 10.7 Å². The summed E-state index contributed by atoms with van der Waals surface area (Å²) in [6, 6.07) is 9.69. The second-order valence-corrected chi connectivity index (χ2v) is 5.72. The fourth-order valence-electron chi connectivity index (χ4n) is 2.14. The number of hydrogen-bond donors (Lipinski definition) is 1. The summed E-state index contributed by atoms with van der Waals surface area (Å²) in [5.74, 6) is 0. The normalized spacial score (nSPS) is 12.4. The summed E-state index contributed by atoms with van der Waals surface area (Å²) in [7, 11) is 0. The highest BCUT2D eigenvalue weighted by atomic mass is 35.5. The monoisotopic (exact) mass is 304 g/mol. The Morgan fingerprint density at radius 2 is 2.05 bits per heavy atom. The Hall–Kier alpha value is -1.58. The zero-order valence-corrected chi connectivity index (χ0v) is 13.4. The largest absolute Gasteiger partial charge is 0.319 e. The van der Waals surface area contributed by atoms with Crippen LogP contribution >= 0.6 is 11.6 Å². The Bertz CT molecular complexity index is 679. The standard InChI is InChI=1S/C17H21ClN2O/c1-4-12(2)19-10-14-11-20(13(3)9-17(14)21)16-8-6-5-7-15(16)18/h5-9,11-12,19H,4,10H2,1-3H3. The molecule has 0 saturated heterocycles. The Morgan fingerprint density at radius 3 is 2.71 bits per heavy atom. The number of aryl methyl sites for hydroxylation is 1. The van der Waals surface area contributed by atoms with Gasteiger partial charge in [0, 0.05) is 36.1 Å². The lowest BCUT2D eigenvalue weighted by atomic mass is 10.2. The third-order valence-corrected chi connectivity index (χ3v) is 4.01. The molecule has 0 bridgehead atoms. The molecular formula is C17H21ClN2O. The Kier molecular flexibility index (Phi) is 5.21. The number of hydrogen-bond acceptors (Lipinski definition) is 2. The van der Waals surface area contributed by atoms with Gasteiger partial charge < -0.3 is 9.88 Å². The maximum Gasteiger partial charge on any atom is 0.186 e. The quantitative estimate of drug-likeness (QED) is 0.914. The van der Waals surface area contributed by atoms with E-state index in [2.05, 4.69) is 19.2 Å². The molecule has 3 nitrogen and oxygen atoms in total. The van der Waals surface area contributed by atoms with E-state index in [1.807, 2.05) is 42.0 Å². The number of rotatable bonds is 5. The molecule has 0 aliphatic heterocycles. The molecule has 4 heteroatoms. The molecule has 1 aromatic heterocycles. The average molecular weight is 305 g/mol. The zero-order valence-electron chi connectivity index (χ0n) is 12.7. The van der Waals surface area contributed by atoms with E-state index in [-0.39, 0.29) is 5.43 Å². The van der Waals surface area contributed by atoms with Gasteiger partial charge in [0.05, 0.1) is 10.7 Å². The van der Waals surface area contributed by atoms with Crippen LogP contribution in [0.1, 0.15) is 31.5 Å². The van der Waals surface area contributed by atoms with Crippen molar-refractivity contribution in [3.8, 4) is 5.69 Å². The first-order valence-corrected chi connectivity index (χ1v) is 7.61. The van der Waals surface area contributed by atoms with E-state index in [4.69, 9.17) is 11.6 Å². The number of nitrogens with zero attached hydrogens (tertiary/aromatic N) is 1. The molecule has 1 unspecified atom stereocenters. The molecule has 0 fully saturated rings. The fourth-order valence-corrected chi connectivity index (χ4v) is 2.37. The van der Waals surface area contributed by atoms with Crippen LogP contribution in [-0.2, 0) is 6.54 Å². The van der Waals surface area contributed by atoms with Crippen LogP contribution in [0.3, 0.4) is 0 Å². The third-order valence-electron chi connectivity index (χ3n) is 3.69. The molecule has 0 aliphatic rings. The van der Waals surface area contributed by atoms with Crippen LogP contribution in [0.5, 0.6) is 0 Å². The molecule has 1 N–H and O–H groups in total. The van der Waals surface area contributed by atoms with E-state index in [9.17, 15) is 4.79 Å². The minimum absolute atomic E-state index is 0.0617. The molecule has 0 spiro atoms. The highest BCUT2D eigenvalue weighted by molar-refractivity contribution is 6.32. The molecule has 2 aromatic rings. The van der Waals surface area contributed by atoms with Crippen molar-refractivity contribution in [1.29, 1.82) is 0 Å². The fraction of sp³-hybridized carbons (Fsp3) is 0.353. The molecular weight excluding hydrogens is 284 g/mol. The molecule has 1 atom stereocenters. The van der Waals surface area contributed by atoms with Gasteiger partial charge in [-0.25, -0.2) is 0 Å². The molecule has 0 amide bonds. The SMILES string of the molecule is CCC(C)NCc1cn(-c2ccccc2Cl)c(C)cc1=O. The van der Waals surface area contributed by atoms with Crippen molar-refractivity contribution in [3.63, 3.8) is 0 Å². The van der Waals surface area contributed by atoms with Crippen molar-refractivity contribution in [2.24, 2.45) is 0 Å². The van der Waals surface area contributed by atoms with Gasteiger partial charge in [0.1, 0.15) is 0 Å². The van der Waals surface area contributed by atoms with Gasteiger partial charge in [-0.05, 0) is 32.4 Å². The Morgan fingerprint density at radius 1 is 1.33 bits per heavy atom. The van der Waals surface area contributed by atoms with Gasteiger partial charge in [-0.2, -0.15) is 0 Å². The molecule has 0 radical (unpaired) electrons. The number of para-hydroxylation sites is 1. The smallest absolute Gasteiger partial charge is 0.186 e. The summed E-state index contributed by atoms with van der Waals surface area (Å²) < 4.78 is 1.97. The summed E-state index contributed by atoms with van der Waals surface area (Å²) in [6.07, 6.45) is 2.92. The first kappa shape index (κ1) is 15.8. The number of aromatic nitrogens is 1. The van der Waals surface area contributed by atoms with Crippen molar-refractivity contribution in [2.75, 3.05) is 0 Å². The zero-order chi connectivity index (χ0) is 15.4. The van der Waals surface area contributed by atoms with Gasteiger partial charge in [0.2, 0.25) is 0 Å². The topological polar surface area (TPSA) is 34.0 Å². The number of nitrogens with one attached hydrogen (secondary N) is 1. The number of pyridine rings is 1. The summed E-state index contributed by atoms with van der Waals surface area (Å²) in [6.45, 7) is 6.71. The summed E-state index contributed by atoms with van der Waals surface area (Å²) in [4.78, 5) is 12.1. The average Bonchev–Trinajstić information content (AvgIpc) is 2.47. The van der Waals surface area contributed by atoms with E-state index in [1.54, 1.807) is 6.07 Å². The predicted molar refractivity (Wildman–Crippen MR) is 88.4 cm³/mol. The Balaban J connectivity index is 2.39. The highest BCUT2D eigenvalue weighted by Crippen LogP contribution is 2.21. The van der Waals surface area contributed by atoms with Crippen LogP contribution in [0, 0.1) is 6.92 Å². The van der Waals surface area contributed by atoms with Gasteiger partial charge >= 0.3 is 0 Å². The minimum Gasteiger partial charge on any atom is -0.319 e. The second kappa shape index (κ2) is 6.92. The van der Waals surface area contributed by atoms with Crippen LogP contribution in [0.25, 0.3) is 5.69 Å². The molecule has 112 valence electrons. The van der Waals surface area contributed by atoms with E-state index >= 15 is 0 Å². The lowest BCUT2D eigenvalue weighted by molar-refractivity contribution is 0.532. The summed E-state index contributed by atoms with van der Waals surface area (Å²) >= 11 is 6.26. The van der Waals surface area contributed by atoms with Gasteiger partial charge in [0.25, 0.3) is 0 Å². The number of halogens is 1. The third kappa shape index (κ3) is 3.74. The van der Waals surface area contributed by atoms with Crippen LogP contribution in [-0.4, -0.2) is 10.6 Å². The van der Waals surface area contributed by atoms with Crippen LogP contribution in [0.4, 0.5) is 0 Å². The van der Waals surface area contributed by atoms with Crippen LogP contribution in [0.15, 0.2) is 41.3 Å². The van der Waals surface area contributed by atoms with Crippen molar-refractivity contribution in [3.05, 3.63) is 63.0 Å². The summed E-state index contributed by atoms with van der Waals surface area (Å²) in [5, 5.41) is 4.03. The second-order valence-electron chi connectivity index (χ2n) is 5.32. The molecule has 0 aliphatic carbocycles. The summed E-state index contributed by atoms with van der Waals surface area (Å²) in [5.41, 5.74) is 2.58. The molecule has 0 saturated carbocycles. The van der Waals surface area contributed by atoms with Crippen molar-refractivity contribution >= 4 is 11.6 Å². The first-order valence-electron chi connectivity index (χ1n) is 7.23. The molecule has 21 heavy (non-hydrogen) atoms. The van der Waals surface area contributed by atoms with Crippen molar-refractivity contribution in [2.45, 2.75) is 39.8 Å². The van der Waals surface area contributed by atoms with E-state index in [0.717, 1.165) is 23.4 Å². The van der Waals surface area contributed by atoms with Gasteiger partial charge in [-0.1, -0.05) is 30.7 Å². The highest BCUT2D eigenvalue weighted by Gasteiger charge is 2.08. The van der Waals surface area contributed by atoms with Crippen molar-refractivity contribution < 1.29 is 0 Å². The molecule has 1 heterocycles. The maximum atomic E-state index is 12.1. The number of benzene rings is 1. The first-order chi connectivity index (χ1) is 10.0. The molecule has 2 rings (SSSR count).